The number of nitrogens with one attached hydrogen (secondary N) is 1. The highest BCUT2D eigenvalue weighted by Crippen LogP contribution is 2.14. The van der Waals surface area contributed by atoms with Crippen LogP contribution in [0.2, 0.25) is 0 Å². The van der Waals surface area contributed by atoms with Crippen LogP contribution in [0, 0.1) is 0 Å². The lowest BCUT2D eigenvalue weighted by Gasteiger charge is -2.14. The average molecular weight is 412 g/mol. The Labute approximate surface area is 168 Å². The minimum absolute atomic E-state index is 0.221. The van der Waals surface area contributed by atoms with Crippen molar-refractivity contribution in [1.29, 1.82) is 0 Å². The van der Waals surface area contributed by atoms with Crippen LogP contribution in [0.1, 0.15) is 45.1 Å². The Morgan fingerprint density at radius 3 is 2.54 bits per heavy atom. The Balaban J connectivity index is 2.47. The molecule has 0 saturated heterocycles. The molecule has 156 valence electrons. The SMILES string of the molecule is CCCCS(=O)N[C@@H](Cc1ccc(OCCCC(=O)N=C(C)N)cc1)C(=O)O. The van der Waals surface area contributed by atoms with Crippen molar-refractivity contribution in [2.24, 2.45) is 10.7 Å². The first-order valence-electron chi connectivity index (χ1n) is 9.24. The zero-order valence-corrected chi connectivity index (χ0v) is 17.2. The molecule has 0 aliphatic carbocycles. The lowest BCUT2D eigenvalue weighted by molar-refractivity contribution is -0.138. The molecule has 0 bridgehead atoms. The van der Waals surface area contributed by atoms with Crippen molar-refractivity contribution in [3.05, 3.63) is 29.8 Å². The highest BCUT2D eigenvalue weighted by molar-refractivity contribution is 7.83. The molecule has 1 aromatic carbocycles. The molecule has 0 aliphatic heterocycles. The van der Waals surface area contributed by atoms with Crippen LogP contribution in [0.25, 0.3) is 0 Å². The number of hydrogen-bond donors (Lipinski definition) is 3. The smallest absolute Gasteiger partial charge is 0.321 e. The first-order valence-corrected chi connectivity index (χ1v) is 10.6. The monoisotopic (exact) mass is 411 g/mol. The van der Waals surface area contributed by atoms with Gasteiger partial charge in [0, 0.05) is 12.2 Å². The van der Waals surface area contributed by atoms with E-state index in [-0.39, 0.29) is 24.6 Å². The first-order chi connectivity index (χ1) is 13.3. The van der Waals surface area contributed by atoms with Gasteiger partial charge in [-0.05, 0) is 43.9 Å². The molecule has 0 spiro atoms. The van der Waals surface area contributed by atoms with Crippen molar-refractivity contribution in [3.63, 3.8) is 0 Å². The third-order valence-corrected chi connectivity index (χ3v) is 4.93. The molecule has 0 heterocycles. The van der Waals surface area contributed by atoms with E-state index in [1.54, 1.807) is 31.2 Å². The number of rotatable bonds is 13. The maximum absolute atomic E-state index is 11.9. The minimum Gasteiger partial charge on any atom is -0.494 e. The molecular weight excluding hydrogens is 382 g/mol. The predicted molar refractivity (Wildman–Crippen MR) is 110 cm³/mol. The fourth-order valence-electron chi connectivity index (χ4n) is 2.30. The molecule has 0 saturated carbocycles. The number of unbranched alkanes of at least 4 members (excludes halogenated alkanes) is 1. The topological polar surface area (TPSA) is 131 Å². The molecule has 0 radical (unpaired) electrons. The number of aliphatic imine (C=N–C) groups is 1. The van der Waals surface area contributed by atoms with Crippen molar-refractivity contribution < 1.29 is 23.6 Å². The Kier molecular flexibility index (Phi) is 11.0. The Morgan fingerprint density at radius 1 is 1.29 bits per heavy atom. The van der Waals surface area contributed by atoms with Gasteiger partial charge in [0.1, 0.15) is 11.8 Å². The summed E-state index contributed by atoms with van der Waals surface area (Å²) in [4.78, 5) is 26.4. The molecule has 1 amide bonds. The summed E-state index contributed by atoms with van der Waals surface area (Å²) in [6.45, 7) is 3.91. The number of nitrogens with two attached hydrogens (primary N) is 1. The molecule has 1 aromatic rings. The second-order valence-electron chi connectivity index (χ2n) is 6.36. The molecule has 1 unspecified atom stereocenters. The van der Waals surface area contributed by atoms with Crippen LogP contribution in [-0.2, 0) is 27.0 Å². The summed E-state index contributed by atoms with van der Waals surface area (Å²) in [7, 11) is -1.36. The van der Waals surface area contributed by atoms with Gasteiger partial charge in [-0.25, -0.2) is 13.9 Å². The van der Waals surface area contributed by atoms with E-state index in [2.05, 4.69) is 9.71 Å². The maximum atomic E-state index is 11.9. The normalized spacial score (nSPS) is 13.7. The average Bonchev–Trinajstić information content (AvgIpc) is 2.63. The van der Waals surface area contributed by atoms with Gasteiger partial charge in [0.2, 0.25) is 5.91 Å². The van der Waals surface area contributed by atoms with Crippen molar-refractivity contribution in [1.82, 2.24) is 4.72 Å². The number of amides is 1. The molecular formula is C19H29N3O5S. The summed E-state index contributed by atoms with van der Waals surface area (Å²) < 4.78 is 20.1. The van der Waals surface area contributed by atoms with Gasteiger partial charge in [0.25, 0.3) is 0 Å². The number of benzene rings is 1. The zero-order valence-electron chi connectivity index (χ0n) is 16.3. The van der Waals surface area contributed by atoms with E-state index >= 15 is 0 Å². The fourth-order valence-corrected chi connectivity index (χ4v) is 3.47. The Bertz CT molecular complexity index is 687. The largest absolute Gasteiger partial charge is 0.494 e. The predicted octanol–water partition coefficient (Wildman–Crippen LogP) is 1.80. The summed E-state index contributed by atoms with van der Waals surface area (Å²) in [5, 5.41) is 9.34. The standard InChI is InChI=1S/C19H29N3O5S/c1-3-4-12-28(26)22-17(19(24)25)13-15-7-9-16(10-8-15)27-11-5-6-18(23)21-14(2)20/h7-10,17,22H,3-6,11-13H2,1-2H3,(H,24,25)(H2,20,21,23)/t17-,28?/m0/s1. The quantitative estimate of drug-likeness (QED) is 0.258. The third kappa shape index (κ3) is 10.2. The summed E-state index contributed by atoms with van der Waals surface area (Å²) >= 11 is 0. The molecule has 8 nitrogen and oxygen atoms in total. The number of ether oxygens (including phenoxy) is 1. The second-order valence-corrected chi connectivity index (χ2v) is 7.69. The Morgan fingerprint density at radius 2 is 1.96 bits per heavy atom. The second kappa shape index (κ2) is 13.0. The van der Waals surface area contributed by atoms with Crippen molar-refractivity contribution in [2.75, 3.05) is 12.4 Å². The van der Waals surface area contributed by atoms with E-state index in [1.807, 2.05) is 6.92 Å². The van der Waals surface area contributed by atoms with Gasteiger partial charge in [-0.2, -0.15) is 0 Å². The Hall–Kier alpha value is -2.26. The van der Waals surface area contributed by atoms with Crippen molar-refractivity contribution >= 4 is 28.7 Å². The highest BCUT2D eigenvalue weighted by Gasteiger charge is 2.20. The van der Waals surface area contributed by atoms with Crippen LogP contribution in [0.3, 0.4) is 0 Å². The number of carboxylic acid groups (broad SMARTS) is 1. The number of amidine groups is 1. The molecule has 0 aliphatic rings. The van der Waals surface area contributed by atoms with Crippen LogP contribution in [-0.4, -0.2) is 45.4 Å². The van der Waals surface area contributed by atoms with Crippen LogP contribution in [0.15, 0.2) is 29.3 Å². The summed E-state index contributed by atoms with van der Waals surface area (Å²) in [5.41, 5.74) is 6.14. The van der Waals surface area contributed by atoms with Gasteiger partial charge in [0.15, 0.2) is 0 Å². The van der Waals surface area contributed by atoms with Crippen LogP contribution < -0.4 is 15.2 Å². The van der Waals surface area contributed by atoms with Crippen LogP contribution >= 0.6 is 0 Å². The highest BCUT2D eigenvalue weighted by atomic mass is 32.2. The van der Waals surface area contributed by atoms with Crippen molar-refractivity contribution in [3.8, 4) is 5.75 Å². The van der Waals surface area contributed by atoms with Gasteiger partial charge < -0.3 is 15.6 Å². The summed E-state index contributed by atoms with van der Waals surface area (Å²) in [5.74, 6) is -0.00949. The first kappa shape index (κ1) is 23.8. The molecule has 2 atom stereocenters. The molecule has 0 fully saturated rings. The molecule has 0 aromatic heterocycles. The van der Waals surface area contributed by atoms with Crippen molar-refractivity contribution in [2.45, 2.75) is 52.0 Å². The molecule has 4 N–H and O–H groups in total. The number of carbonyl (C=O) groups excluding carboxylic acids is 1. The van der Waals surface area contributed by atoms with E-state index in [1.165, 1.54) is 0 Å². The molecule has 28 heavy (non-hydrogen) atoms. The molecule has 9 heteroatoms. The van der Waals surface area contributed by atoms with Gasteiger partial charge >= 0.3 is 5.97 Å². The minimum atomic E-state index is -1.36. The van der Waals surface area contributed by atoms with E-state index in [4.69, 9.17) is 10.5 Å². The third-order valence-electron chi connectivity index (χ3n) is 3.72. The van der Waals surface area contributed by atoms with E-state index in [0.717, 1.165) is 18.4 Å². The summed E-state index contributed by atoms with van der Waals surface area (Å²) in [6, 6.07) is 6.12. The van der Waals surface area contributed by atoms with E-state index in [0.29, 0.717) is 24.5 Å². The van der Waals surface area contributed by atoms with E-state index in [9.17, 15) is 18.9 Å². The van der Waals surface area contributed by atoms with Gasteiger partial charge in [-0.15, -0.1) is 0 Å². The van der Waals surface area contributed by atoms with Crippen LogP contribution in [0.4, 0.5) is 0 Å². The van der Waals surface area contributed by atoms with Crippen LogP contribution in [0.5, 0.6) is 5.75 Å². The number of nitrogens with zero attached hydrogens (tertiary/aromatic N) is 1. The lowest BCUT2D eigenvalue weighted by atomic mass is 10.1. The van der Waals surface area contributed by atoms with Gasteiger partial charge in [0.05, 0.1) is 23.4 Å². The van der Waals surface area contributed by atoms with E-state index < -0.39 is 23.0 Å². The maximum Gasteiger partial charge on any atom is 0.321 e. The fraction of sp³-hybridized carbons (Fsp3) is 0.526. The lowest BCUT2D eigenvalue weighted by Crippen LogP contribution is -2.40. The van der Waals surface area contributed by atoms with Gasteiger partial charge in [-0.3, -0.25) is 9.59 Å². The number of carbonyl (C=O) groups is 2. The molecule has 1 rings (SSSR count). The van der Waals surface area contributed by atoms with Gasteiger partial charge in [-0.1, -0.05) is 25.5 Å². The summed E-state index contributed by atoms with van der Waals surface area (Å²) in [6.07, 6.45) is 2.68. The number of carboxylic acids is 1. The number of aliphatic carboxylic acids is 1. The number of hydrogen-bond acceptors (Lipinski definition) is 4. The zero-order chi connectivity index (χ0) is 20.9.